The minimum absolute atomic E-state index is 0.0543. The molecule has 0 aliphatic heterocycles. The SMILES string of the molecule is Fc1cnc(Cl)nc1Cl.O=P(Cl)(Cl)Cl. The normalized spacial score (nSPS) is 10.4. The summed E-state index contributed by atoms with van der Waals surface area (Å²) in [6, 6.07) is 0. The molecule has 0 radical (unpaired) electrons. The van der Waals surface area contributed by atoms with Crippen LogP contribution in [0.2, 0.25) is 10.4 Å². The number of hydrogen-bond acceptors (Lipinski definition) is 3. The van der Waals surface area contributed by atoms with Crippen LogP contribution in [0.5, 0.6) is 0 Å². The number of nitrogens with zero attached hydrogens (tertiary/aromatic N) is 2. The Hall–Kier alpha value is 0.690. The van der Waals surface area contributed by atoms with Gasteiger partial charge in [0.2, 0.25) is 5.28 Å². The van der Waals surface area contributed by atoms with Crippen molar-refractivity contribution in [1.29, 1.82) is 0 Å². The van der Waals surface area contributed by atoms with Crippen LogP contribution >= 0.6 is 62.1 Å². The lowest BCUT2D eigenvalue weighted by molar-refractivity contribution is 0.600. The van der Waals surface area contributed by atoms with E-state index in [9.17, 15) is 8.96 Å². The Morgan fingerprint density at radius 1 is 1.29 bits per heavy atom. The Morgan fingerprint density at radius 2 is 1.71 bits per heavy atom. The second-order valence-corrected chi connectivity index (χ2v) is 9.01. The molecule has 0 atom stereocenters. The molecule has 0 aliphatic carbocycles. The smallest absolute Gasteiger partial charge is 0.271 e. The zero-order chi connectivity index (χ0) is 11.4. The van der Waals surface area contributed by atoms with Crippen LogP contribution in [0.15, 0.2) is 6.20 Å². The molecule has 0 amide bonds. The van der Waals surface area contributed by atoms with Gasteiger partial charge in [-0.2, -0.15) is 0 Å². The molecule has 1 aromatic rings. The van der Waals surface area contributed by atoms with E-state index in [-0.39, 0.29) is 10.4 Å². The molecule has 0 bridgehead atoms. The Morgan fingerprint density at radius 3 is 2.00 bits per heavy atom. The third kappa shape index (κ3) is 9.25. The lowest BCUT2D eigenvalue weighted by Crippen LogP contribution is -1.85. The molecule has 1 heterocycles. The van der Waals surface area contributed by atoms with Crippen molar-refractivity contribution in [2.24, 2.45) is 0 Å². The molecule has 3 nitrogen and oxygen atoms in total. The highest BCUT2D eigenvalue weighted by atomic mass is 36.0. The zero-order valence-corrected chi connectivity index (χ0v) is 10.8. The van der Waals surface area contributed by atoms with Crippen LogP contribution in [-0.4, -0.2) is 9.97 Å². The van der Waals surface area contributed by atoms with E-state index in [4.69, 9.17) is 23.2 Å². The molecule has 0 fully saturated rings. The average molecular weight is 320 g/mol. The first-order valence-corrected chi connectivity index (χ1v) is 7.90. The third-order valence-corrected chi connectivity index (χ3v) is 1.12. The first-order valence-electron chi connectivity index (χ1n) is 2.72. The monoisotopic (exact) mass is 318 g/mol. The summed E-state index contributed by atoms with van der Waals surface area (Å²) < 4.78 is 21.7. The molecule has 80 valence electrons. The third-order valence-electron chi connectivity index (χ3n) is 0.672. The van der Waals surface area contributed by atoms with Gasteiger partial charge in [-0.3, -0.25) is 4.57 Å². The molecule has 0 saturated heterocycles. The summed E-state index contributed by atoms with van der Waals surface area (Å²) >= 11 is 24.3. The topological polar surface area (TPSA) is 42.9 Å². The first-order chi connectivity index (χ1) is 6.20. The van der Waals surface area contributed by atoms with Crippen molar-refractivity contribution < 1.29 is 8.96 Å². The van der Waals surface area contributed by atoms with Crippen LogP contribution in [0.1, 0.15) is 0 Å². The maximum absolute atomic E-state index is 12.2. The van der Waals surface area contributed by atoms with Crippen LogP contribution in [0.25, 0.3) is 0 Å². The van der Waals surface area contributed by atoms with Gasteiger partial charge in [-0.25, -0.2) is 14.4 Å². The molecule has 0 spiro atoms. The summed E-state index contributed by atoms with van der Waals surface area (Å²) in [5, 5.41) is -3.53. The molecule has 1 aromatic heterocycles. The van der Waals surface area contributed by atoms with Crippen LogP contribution in [-0.2, 0) is 4.57 Å². The Balaban J connectivity index is 0.000000292. The fourth-order valence-electron chi connectivity index (χ4n) is 0.326. The Kier molecular flexibility index (Phi) is 6.62. The maximum Gasteiger partial charge on any atom is 0.339 e. The molecule has 0 unspecified atom stereocenters. The molecule has 0 saturated carbocycles. The Bertz CT molecular complexity index is 349. The largest absolute Gasteiger partial charge is 0.339 e. The van der Waals surface area contributed by atoms with Gasteiger partial charge < -0.3 is 0 Å². The minimum atomic E-state index is -3.22. The molecule has 0 N–H and O–H groups in total. The predicted octanol–water partition coefficient (Wildman–Crippen LogP) is 4.73. The number of aromatic nitrogens is 2. The van der Waals surface area contributed by atoms with E-state index in [0.29, 0.717) is 0 Å². The van der Waals surface area contributed by atoms with Gasteiger partial charge in [0.1, 0.15) is 0 Å². The summed E-state index contributed by atoms with van der Waals surface area (Å²) in [4.78, 5) is 6.65. The van der Waals surface area contributed by atoms with Gasteiger partial charge in [0, 0.05) is 0 Å². The Labute approximate surface area is 103 Å². The van der Waals surface area contributed by atoms with E-state index in [1.807, 2.05) is 0 Å². The number of halogens is 6. The van der Waals surface area contributed by atoms with Gasteiger partial charge in [0.05, 0.1) is 6.20 Å². The summed E-state index contributed by atoms with van der Waals surface area (Å²) in [6.45, 7) is 0. The molecular formula is C4HCl5FN2OP. The van der Waals surface area contributed by atoms with Gasteiger partial charge in [-0.05, 0) is 45.3 Å². The zero-order valence-electron chi connectivity index (χ0n) is 6.10. The fourth-order valence-corrected chi connectivity index (χ4v) is 0.632. The van der Waals surface area contributed by atoms with E-state index >= 15 is 0 Å². The van der Waals surface area contributed by atoms with Gasteiger partial charge in [0.25, 0.3) is 0 Å². The highest BCUT2D eigenvalue weighted by Crippen LogP contribution is 2.61. The summed E-state index contributed by atoms with van der Waals surface area (Å²) in [5.41, 5.74) is 0. The van der Waals surface area contributed by atoms with Crippen molar-refractivity contribution in [2.75, 3.05) is 0 Å². The summed E-state index contributed by atoms with van der Waals surface area (Å²) in [5.74, 6) is -0.666. The van der Waals surface area contributed by atoms with Crippen LogP contribution in [0.4, 0.5) is 4.39 Å². The highest BCUT2D eigenvalue weighted by Gasteiger charge is 2.03. The van der Waals surface area contributed by atoms with Crippen molar-refractivity contribution in [3.8, 4) is 0 Å². The minimum Gasteiger partial charge on any atom is -0.271 e. The van der Waals surface area contributed by atoms with E-state index in [1.165, 1.54) is 0 Å². The second-order valence-electron chi connectivity index (χ2n) is 1.68. The number of rotatable bonds is 0. The highest BCUT2D eigenvalue weighted by molar-refractivity contribution is 8.24. The van der Waals surface area contributed by atoms with Crippen LogP contribution < -0.4 is 0 Å². The molecule has 10 heteroatoms. The second kappa shape index (κ2) is 6.31. The maximum atomic E-state index is 12.2. The van der Waals surface area contributed by atoms with Gasteiger partial charge >= 0.3 is 5.20 Å². The van der Waals surface area contributed by atoms with Crippen molar-refractivity contribution in [3.63, 3.8) is 0 Å². The molecule has 14 heavy (non-hydrogen) atoms. The fraction of sp³-hybridized carbons (Fsp3) is 0. The molecular weight excluding hydrogens is 319 g/mol. The van der Waals surface area contributed by atoms with Gasteiger partial charge in [-0.1, -0.05) is 11.6 Å². The summed E-state index contributed by atoms with van der Waals surface area (Å²) in [7, 11) is 0. The number of hydrogen-bond donors (Lipinski definition) is 0. The standard InChI is InChI=1S/C4HCl2FN2.Cl3OP/c5-3-2(7)1-8-4(6)9-3;1-5(2,3)4/h1H;. The van der Waals surface area contributed by atoms with Crippen molar-refractivity contribution >= 4 is 62.1 Å². The molecule has 1 rings (SSSR count). The quantitative estimate of drug-likeness (QED) is 0.394. The van der Waals surface area contributed by atoms with Gasteiger partial charge in [-0.15, -0.1) is 0 Å². The van der Waals surface area contributed by atoms with Crippen molar-refractivity contribution in [2.45, 2.75) is 0 Å². The molecule has 0 aromatic carbocycles. The van der Waals surface area contributed by atoms with Crippen LogP contribution in [0.3, 0.4) is 0 Å². The average Bonchev–Trinajstić information content (AvgIpc) is 1.94. The van der Waals surface area contributed by atoms with Gasteiger partial charge in [0.15, 0.2) is 11.0 Å². The van der Waals surface area contributed by atoms with E-state index < -0.39 is 11.0 Å². The first kappa shape index (κ1) is 14.7. The van der Waals surface area contributed by atoms with Crippen molar-refractivity contribution in [1.82, 2.24) is 9.97 Å². The summed E-state index contributed by atoms with van der Waals surface area (Å²) in [6.07, 6.45) is 0.914. The van der Waals surface area contributed by atoms with Crippen LogP contribution in [0, 0.1) is 5.82 Å². The lowest BCUT2D eigenvalue weighted by atomic mass is 10.6. The molecule has 0 aliphatic rings. The lowest BCUT2D eigenvalue weighted by Gasteiger charge is -1.89. The predicted molar refractivity (Wildman–Crippen MR) is 57.2 cm³/mol. The van der Waals surface area contributed by atoms with Crippen molar-refractivity contribution in [3.05, 3.63) is 22.5 Å². The van der Waals surface area contributed by atoms with E-state index in [0.717, 1.165) is 6.20 Å². The van der Waals surface area contributed by atoms with E-state index in [1.54, 1.807) is 0 Å². The van der Waals surface area contributed by atoms with E-state index in [2.05, 4.69) is 43.7 Å².